The van der Waals surface area contributed by atoms with Gasteiger partial charge in [-0.2, -0.15) is 0 Å². The number of carboxylic acids is 1. The van der Waals surface area contributed by atoms with Crippen molar-refractivity contribution in [2.45, 2.75) is 17.9 Å². The SMILES string of the molecule is CC(=O)NC(CSc1ccnc2cc(Cl)ccc12)C(=O)O. The lowest BCUT2D eigenvalue weighted by molar-refractivity contribution is -0.140. The zero-order chi connectivity index (χ0) is 15.4. The molecule has 0 aliphatic rings. The quantitative estimate of drug-likeness (QED) is 0.826. The van der Waals surface area contributed by atoms with Gasteiger partial charge < -0.3 is 10.4 Å². The number of amides is 1. The topological polar surface area (TPSA) is 79.3 Å². The molecule has 2 aromatic rings. The number of thioether (sulfide) groups is 1. The molecule has 0 aliphatic heterocycles. The maximum atomic E-state index is 11.1. The normalized spacial score (nSPS) is 12.1. The predicted octanol–water partition coefficient (Wildman–Crippen LogP) is 2.57. The summed E-state index contributed by atoms with van der Waals surface area (Å²) in [6.07, 6.45) is 1.65. The number of nitrogens with one attached hydrogen (secondary N) is 1. The Hall–Kier alpha value is -1.79. The third-order valence-corrected chi connectivity index (χ3v) is 4.15. The molecule has 1 atom stereocenters. The van der Waals surface area contributed by atoms with Crippen molar-refractivity contribution in [1.29, 1.82) is 0 Å². The van der Waals surface area contributed by atoms with Crippen LogP contribution in [0.15, 0.2) is 35.4 Å². The monoisotopic (exact) mass is 324 g/mol. The van der Waals surface area contributed by atoms with E-state index in [1.54, 1.807) is 18.3 Å². The van der Waals surface area contributed by atoms with Crippen molar-refractivity contribution in [1.82, 2.24) is 10.3 Å². The van der Waals surface area contributed by atoms with Crippen LogP contribution in [0.5, 0.6) is 0 Å². The number of hydrogen-bond acceptors (Lipinski definition) is 4. The Bertz CT molecular complexity index is 693. The second kappa shape index (κ2) is 6.78. The number of aromatic nitrogens is 1. The summed E-state index contributed by atoms with van der Waals surface area (Å²) in [7, 11) is 0. The molecule has 110 valence electrons. The van der Waals surface area contributed by atoms with Gasteiger partial charge in [-0.25, -0.2) is 4.79 Å². The van der Waals surface area contributed by atoms with Gasteiger partial charge in [0.25, 0.3) is 0 Å². The molecule has 0 radical (unpaired) electrons. The van der Waals surface area contributed by atoms with Crippen LogP contribution < -0.4 is 5.32 Å². The van der Waals surface area contributed by atoms with E-state index in [0.29, 0.717) is 5.02 Å². The predicted molar refractivity (Wildman–Crippen MR) is 82.7 cm³/mol. The fourth-order valence-electron chi connectivity index (χ4n) is 1.81. The Morgan fingerprint density at radius 3 is 2.86 bits per heavy atom. The lowest BCUT2D eigenvalue weighted by atomic mass is 10.2. The second-order valence-corrected chi connectivity index (χ2v) is 5.87. The number of carbonyl (C=O) groups is 2. The molecule has 21 heavy (non-hydrogen) atoms. The van der Waals surface area contributed by atoms with E-state index in [1.807, 2.05) is 12.1 Å². The molecule has 1 aromatic carbocycles. The van der Waals surface area contributed by atoms with Crippen LogP contribution in [0.3, 0.4) is 0 Å². The van der Waals surface area contributed by atoms with Gasteiger partial charge in [0, 0.05) is 34.2 Å². The Morgan fingerprint density at radius 1 is 1.43 bits per heavy atom. The molecule has 0 bridgehead atoms. The number of fused-ring (bicyclic) bond motifs is 1. The van der Waals surface area contributed by atoms with Gasteiger partial charge in [-0.05, 0) is 18.2 Å². The van der Waals surface area contributed by atoms with Crippen molar-refractivity contribution in [3.8, 4) is 0 Å². The van der Waals surface area contributed by atoms with E-state index in [-0.39, 0.29) is 11.7 Å². The second-order valence-electron chi connectivity index (χ2n) is 4.37. The largest absolute Gasteiger partial charge is 0.480 e. The standard InChI is InChI=1S/C14H13ClN2O3S/c1-8(18)17-12(14(19)20)7-21-13-4-5-16-11-6-9(15)2-3-10(11)13/h2-6,12H,7H2,1H3,(H,17,18)(H,19,20). The molecule has 0 aliphatic carbocycles. The first-order chi connectivity index (χ1) is 9.97. The van der Waals surface area contributed by atoms with E-state index in [9.17, 15) is 9.59 Å². The number of benzene rings is 1. The van der Waals surface area contributed by atoms with Gasteiger partial charge in [0.15, 0.2) is 0 Å². The van der Waals surface area contributed by atoms with Crippen molar-refractivity contribution in [3.05, 3.63) is 35.5 Å². The first kappa shape index (κ1) is 15.6. The minimum atomic E-state index is -1.06. The minimum Gasteiger partial charge on any atom is -0.480 e. The summed E-state index contributed by atoms with van der Waals surface area (Å²) in [6, 6.07) is 6.25. The van der Waals surface area contributed by atoms with Crippen LogP contribution in [0.4, 0.5) is 0 Å². The Kier molecular flexibility index (Phi) is 5.03. The van der Waals surface area contributed by atoms with Crippen LogP contribution in [0.2, 0.25) is 5.02 Å². The highest BCUT2D eigenvalue weighted by atomic mass is 35.5. The maximum absolute atomic E-state index is 11.1. The average molecular weight is 325 g/mol. The van der Waals surface area contributed by atoms with Crippen molar-refractivity contribution < 1.29 is 14.7 Å². The van der Waals surface area contributed by atoms with Gasteiger partial charge in [0.1, 0.15) is 6.04 Å². The minimum absolute atomic E-state index is 0.233. The Labute approximate surface area is 130 Å². The van der Waals surface area contributed by atoms with Crippen molar-refractivity contribution in [2.75, 3.05) is 5.75 Å². The highest BCUT2D eigenvalue weighted by Crippen LogP contribution is 2.28. The van der Waals surface area contributed by atoms with Gasteiger partial charge in [0.2, 0.25) is 5.91 Å². The van der Waals surface area contributed by atoms with Crippen LogP contribution in [0.1, 0.15) is 6.92 Å². The number of halogens is 1. The van der Waals surface area contributed by atoms with E-state index in [2.05, 4.69) is 10.3 Å². The third-order valence-electron chi connectivity index (χ3n) is 2.75. The summed E-state index contributed by atoms with van der Waals surface area (Å²) in [5, 5.41) is 13.0. The molecule has 1 amide bonds. The van der Waals surface area contributed by atoms with E-state index in [0.717, 1.165) is 15.8 Å². The molecule has 1 aromatic heterocycles. The van der Waals surface area contributed by atoms with Gasteiger partial charge in [0.05, 0.1) is 5.52 Å². The van der Waals surface area contributed by atoms with E-state index < -0.39 is 12.0 Å². The molecular weight excluding hydrogens is 312 g/mol. The molecule has 5 nitrogen and oxygen atoms in total. The highest BCUT2D eigenvalue weighted by Gasteiger charge is 2.19. The van der Waals surface area contributed by atoms with Crippen LogP contribution in [-0.2, 0) is 9.59 Å². The van der Waals surface area contributed by atoms with Gasteiger partial charge in [-0.3, -0.25) is 9.78 Å². The lowest BCUT2D eigenvalue weighted by Crippen LogP contribution is -2.41. The summed E-state index contributed by atoms with van der Waals surface area (Å²) in [5.41, 5.74) is 0.749. The molecule has 2 rings (SSSR count). The van der Waals surface area contributed by atoms with Crippen molar-refractivity contribution in [3.63, 3.8) is 0 Å². The number of pyridine rings is 1. The molecule has 2 N–H and O–H groups in total. The van der Waals surface area contributed by atoms with E-state index in [1.165, 1.54) is 18.7 Å². The lowest BCUT2D eigenvalue weighted by Gasteiger charge is -2.13. The fraction of sp³-hybridized carbons (Fsp3) is 0.214. The number of nitrogens with zero attached hydrogens (tertiary/aromatic N) is 1. The third kappa shape index (κ3) is 4.09. The summed E-state index contributed by atoms with van der Waals surface area (Å²) in [6.45, 7) is 1.30. The van der Waals surface area contributed by atoms with Crippen molar-refractivity contribution in [2.24, 2.45) is 0 Å². The highest BCUT2D eigenvalue weighted by molar-refractivity contribution is 7.99. The summed E-state index contributed by atoms with van der Waals surface area (Å²) < 4.78 is 0. The first-order valence-electron chi connectivity index (χ1n) is 6.14. The number of aliphatic carboxylic acids is 1. The molecule has 1 heterocycles. The molecule has 0 spiro atoms. The molecule has 0 fully saturated rings. The zero-order valence-corrected chi connectivity index (χ0v) is 12.7. The number of carbonyl (C=O) groups excluding carboxylic acids is 1. The van der Waals surface area contributed by atoms with Crippen LogP contribution in [0.25, 0.3) is 10.9 Å². The molecule has 0 saturated heterocycles. The summed E-state index contributed by atoms with van der Waals surface area (Å²) >= 11 is 7.28. The van der Waals surface area contributed by atoms with Crippen LogP contribution in [0, 0.1) is 0 Å². The number of carboxylic acid groups (broad SMARTS) is 1. The Balaban J connectivity index is 2.19. The average Bonchev–Trinajstić information content (AvgIpc) is 2.42. The van der Waals surface area contributed by atoms with Crippen molar-refractivity contribution >= 4 is 46.1 Å². The summed E-state index contributed by atoms with van der Waals surface area (Å²) in [4.78, 5) is 27.2. The number of hydrogen-bond donors (Lipinski definition) is 2. The van der Waals surface area contributed by atoms with Gasteiger partial charge in [-0.1, -0.05) is 17.7 Å². The number of rotatable bonds is 5. The molecular formula is C14H13ClN2O3S. The maximum Gasteiger partial charge on any atom is 0.327 e. The van der Waals surface area contributed by atoms with Crippen LogP contribution in [-0.4, -0.2) is 33.8 Å². The van der Waals surface area contributed by atoms with E-state index >= 15 is 0 Å². The zero-order valence-electron chi connectivity index (χ0n) is 11.2. The van der Waals surface area contributed by atoms with E-state index in [4.69, 9.17) is 16.7 Å². The molecule has 1 unspecified atom stereocenters. The van der Waals surface area contributed by atoms with Crippen LogP contribution >= 0.6 is 23.4 Å². The first-order valence-corrected chi connectivity index (χ1v) is 7.50. The molecule has 0 saturated carbocycles. The van der Waals surface area contributed by atoms with Gasteiger partial charge in [-0.15, -0.1) is 11.8 Å². The fourth-order valence-corrected chi connectivity index (χ4v) is 3.04. The Morgan fingerprint density at radius 2 is 2.19 bits per heavy atom. The summed E-state index contributed by atoms with van der Waals surface area (Å²) in [5.74, 6) is -1.19. The molecule has 7 heteroatoms. The smallest absolute Gasteiger partial charge is 0.327 e. The van der Waals surface area contributed by atoms with Gasteiger partial charge >= 0.3 is 5.97 Å².